The molecule has 168 valence electrons. The fraction of sp³-hybridized carbons (Fsp3) is 0.143. The van der Waals surface area contributed by atoms with Gasteiger partial charge in [0.1, 0.15) is 11.9 Å². The van der Waals surface area contributed by atoms with Crippen LogP contribution in [-0.4, -0.2) is 23.5 Å². The molecular weight excluding hydrogens is 442 g/mol. The number of hydrogen-bond acceptors (Lipinski definition) is 4. The summed E-state index contributed by atoms with van der Waals surface area (Å²) in [6.45, 7) is 2.00. The van der Waals surface area contributed by atoms with Gasteiger partial charge in [-0.3, -0.25) is 4.40 Å². The predicted molar refractivity (Wildman–Crippen MR) is 140 cm³/mol. The molecule has 34 heavy (non-hydrogen) atoms. The molecule has 1 N–H and O–H groups in total. The number of imidazole rings is 1. The zero-order chi connectivity index (χ0) is 23.8. The number of nitriles is 1. The van der Waals surface area contributed by atoms with E-state index in [1.807, 2.05) is 69.6 Å². The van der Waals surface area contributed by atoms with Gasteiger partial charge in [0.2, 0.25) is 0 Å². The van der Waals surface area contributed by atoms with Gasteiger partial charge >= 0.3 is 0 Å². The second kappa shape index (κ2) is 8.74. The monoisotopic (exact) mass is 465 g/mol. The zero-order valence-corrected chi connectivity index (χ0v) is 20.1. The summed E-state index contributed by atoms with van der Waals surface area (Å²) in [4.78, 5) is 6.90. The van der Waals surface area contributed by atoms with Gasteiger partial charge in [-0.2, -0.15) is 5.26 Å². The Morgan fingerprint density at radius 3 is 2.38 bits per heavy atom. The molecule has 0 aliphatic carbocycles. The third-order valence-electron chi connectivity index (χ3n) is 6.17. The SMILES string of the molecule is Cc1c(Cc2ccc(Cl)cc2)c(Nc2ccc(N(C)C)cc2)n2c(nc3ccccc32)c1C#N. The fourth-order valence-electron chi connectivity index (χ4n) is 4.32. The molecule has 0 atom stereocenters. The Morgan fingerprint density at radius 1 is 1.00 bits per heavy atom. The van der Waals surface area contributed by atoms with Crippen molar-refractivity contribution in [3.8, 4) is 6.07 Å². The molecule has 5 rings (SSSR count). The Hall–Kier alpha value is -4.01. The van der Waals surface area contributed by atoms with Crippen LogP contribution in [-0.2, 0) is 6.42 Å². The van der Waals surface area contributed by atoms with Crippen LogP contribution in [0, 0.1) is 18.3 Å². The Labute approximate surface area is 203 Å². The number of rotatable bonds is 5. The van der Waals surface area contributed by atoms with Gasteiger partial charge in [-0.25, -0.2) is 4.98 Å². The first-order valence-electron chi connectivity index (χ1n) is 11.1. The van der Waals surface area contributed by atoms with E-state index in [1.54, 1.807) is 0 Å². The second-order valence-electron chi connectivity index (χ2n) is 8.57. The van der Waals surface area contributed by atoms with Crippen molar-refractivity contribution in [1.29, 1.82) is 5.26 Å². The number of para-hydroxylation sites is 2. The normalized spacial score (nSPS) is 11.0. The molecule has 0 saturated carbocycles. The molecule has 0 fully saturated rings. The summed E-state index contributed by atoms with van der Waals surface area (Å²) in [5.74, 6) is 0.910. The largest absolute Gasteiger partial charge is 0.378 e. The lowest BCUT2D eigenvalue weighted by Gasteiger charge is -2.20. The molecule has 0 unspecified atom stereocenters. The molecule has 0 aliphatic heterocycles. The van der Waals surface area contributed by atoms with Crippen molar-refractivity contribution in [2.75, 3.05) is 24.3 Å². The third-order valence-corrected chi connectivity index (χ3v) is 6.43. The Kier molecular flexibility index (Phi) is 5.61. The molecule has 6 heteroatoms. The van der Waals surface area contributed by atoms with E-state index in [-0.39, 0.29) is 0 Å². The smallest absolute Gasteiger partial charge is 0.157 e. The molecule has 0 spiro atoms. The Bertz CT molecular complexity index is 1540. The van der Waals surface area contributed by atoms with Gasteiger partial charge < -0.3 is 10.2 Å². The van der Waals surface area contributed by atoms with Crippen LogP contribution in [0.4, 0.5) is 17.2 Å². The number of nitrogens with zero attached hydrogens (tertiary/aromatic N) is 4. The summed E-state index contributed by atoms with van der Waals surface area (Å²) >= 11 is 6.12. The third kappa shape index (κ3) is 3.83. The molecule has 0 amide bonds. The highest BCUT2D eigenvalue weighted by molar-refractivity contribution is 6.30. The molecular formula is C28H24ClN5. The van der Waals surface area contributed by atoms with E-state index in [9.17, 15) is 5.26 Å². The lowest BCUT2D eigenvalue weighted by Crippen LogP contribution is -2.10. The van der Waals surface area contributed by atoms with E-state index in [0.717, 1.165) is 44.9 Å². The minimum absolute atomic E-state index is 0.591. The van der Waals surface area contributed by atoms with Gasteiger partial charge in [0.25, 0.3) is 0 Å². The number of halogens is 1. The van der Waals surface area contributed by atoms with Crippen molar-refractivity contribution in [2.45, 2.75) is 13.3 Å². The number of aromatic nitrogens is 2. The summed E-state index contributed by atoms with van der Waals surface area (Å²) in [5, 5.41) is 14.4. The van der Waals surface area contributed by atoms with E-state index >= 15 is 0 Å². The topological polar surface area (TPSA) is 56.4 Å². The van der Waals surface area contributed by atoms with Crippen molar-refractivity contribution in [3.05, 3.63) is 100 Å². The molecule has 0 bridgehead atoms. The number of pyridine rings is 1. The minimum Gasteiger partial charge on any atom is -0.378 e. The molecule has 2 heterocycles. The van der Waals surface area contributed by atoms with Gasteiger partial charge in [-0.1, -0.05) is 35.9 Å². The van der Waals surface area contributed by atoms with Gasteiger partial charge in [0.15, 0.2) is 5.65 Å². The van der Waals surface area contributed by atoms with Gasteiger partial charge in [-0.05, 0) is 66.6 Å². The molecule has 0 saturated heterocycles. The number of nitrogens with one attached hydrogen (secondary N) is 1. The highest BCUT2D eigenvalue weighted by atomic mass is 35.5. The summed E-state index contributed by atoms with van der Waals surface area (Å²) in [5.41, 5.74) is 8.24. The highest BCUT2D eigenvalue weighted by Gasteiger charge is 2.21. The minimum atomic E-state index is 0.591. The first kappa shape index (κ1) is 21.8. The molecule has 2 aromatic heterocycles. The van der Waals surface area contributed by atoms with Crippen LogP contribution >= 0.6 is 11.6 Å². The van der Waals surface area contributed by atoms with E-state index < -0.39 is 0 Å². The molecule has 5 aromatic rings. The first-order chi connectivity index (χ1) is 16.5. The van der Waals surface area contributed by atoms with Crippen molar-refractivity contribution < 1.29 is 0 Å². The van der Waals surface area contributed by atoms with Crippen LogP contribution in [0.15, 0.2) is 72.8 Å². The van der Waals surface area contributed by atoms with Gasteiger partial charge in [-0.15, -0.1) is 0 Å². The van der Waals surface area contributed by atoms with Crippen LogP contribution in [0.25, 0.3) is 16.7 Å². The lowest BCUT2D eigenvalue weighted by atomic mass is 9.97. The molecule has 3 aromatic carbocycles. The zero-order valence-electron chi connectivity index (χ0n) is 19.3. The molecule has 0 aliphatic rings. The van der Waals surface area contributed by atoms with Crippen molar-refractivity contribution >= 4 is 45.5 Å². The van der Waals surface area contributed by atoms with Crippen LogP contribution in [0.3, 0.4) is 0 Å². The van der Waals surface area contributed by atoms with E-state index in [2.05, 4.69) is 45.0 Å². The highest BCUT2D eigenvalue weighted by Crippen LogP contribution is 2.34. The van der Waals surface area contributed by atoms with E-state index in [0.29, 0.717) is 22.7 Å². The van der Waals surface area contributed by atoms with Crippen molar-refractivity contribution in [3.63, 3.8) is 0 Å². The maximum atomic E-state index is 10.1. The van der Waals surface area contributed by atoms with E-state index in [1.165, 1.54) is 0 Å². The number of anilines is 3. The lowest BCUT2D eigenvalue weighted by molar-refractivity contribution is 1.08. The van der Waals surface area contributed by atoms with Crippen LogP contribution < -0.4 is 10.2 Å². The summed E-state index contributed by atoms with van der Waals surface area (Å²) in [6, 6.07) is 26.6. The Morgan fingerprint density at radius 2 is 1.71 bits per heavy atom. The van der Waals surface area contributed by atoms with Crippen LogP contribution in [0.2, 0.25) is 5.02 Å². The molecule has 5 nitrogen and oxygen atoms in total. The summed E-state index contributed by atoms with van der Waals surface area (Å²) in [7, 11) is 4.05. The first-order valence-corrected chi connectivity index (χ1v) is 11.5. The number of fused-ring (bicyclic) bond motifs is 3. The van der Waals surface area contributed by atoms with Crippen molar-refractivity contribution in [1.82, 2.24) is 9.38 Å². The predicted octanol–water partition coefficient (Wildman–Crippen LogP) is 6.72. The van der Waals surface area contributed by atoms with Crippen molar-refractivity contribution in [2.24, 2.45) is 0 Å². The number of hydrogen-bond donors (Lipinski definition) is 1. The van der Waals surface area contributed by atoms with E-state index in [4.69, 9.17) is 16.6 Å². The summed E-state index contributed by atoms with van der Waals surface area (Å²) in [6.07, 6.45) is 0.651. The average molecular weight is 466 g/mol. The van der Waals surface area contributed by atoms with Crippen LogP contribution in [0.5, 0.6) is 0 Å². The maximum Gasteiger partial charge on any atom is 0.157 e. The maximum absolute atomic E-state index is 10.1. The Balaban J connectivity index is 1.77. The second-order valence-corrected chi connectivity index (χ2v) is 9.00. The van der Waals surface area contributed by atoms with Gasteiger partial charge in [0.05, 0.1) is 16.6 Å². The average Bonchev–Trinajstić information content (AvgIpc) is 3.22. The molecule has 0 radical (unpaired) electrons. The summed E-state index contributed by atoms with van der Waals surface area (Å²) < 4.78 is 2.08. The standard InChI is InChI=1S/C28H24ClN5/c1-18-23(16-19-8-10-20(29)11-9-19)27(31-21-12-14-22(15-13-21)33(2)3)34-26-7-5-4-6-25(26)32-28(34)24(18)17-30/h4-15,31H,16H2,1-3H3. The number of benzene rings is 3. The van der Waals surface area contributed by atoms with Gasteiger partial charge in [0, 0.05) is 42.5 Å². The quantitative estimate of drug-likeness (QED) is 0.313. The fourth-order valence-corrected chi connectivity index (χ4v) is 4.44. The van der Waals surface area contributed by atoms with Crippen LogP contribution in [0.1, 0.15) is 22.3 Å².